The summed E-state index contributed by atoms with van der Waals surface area (Å²) < 4.78 is 5.51. The van der Waals surface area contributed by atoms with Crippen molar-refractivity contribution in [2.75, 3.05) is 11.9 Å². The molecule has 0 aliphatic heterocycles. The summed E-state index contributed by atoms with van der Waals surface area (Å²) in [4.78, 5) is 13.6. The van der Waals surface area contributed by atoms with Gasteiger partial charge in [0.1, 0.15) is 10.6 Å². The van der Waals surface area contributed by atoms with Gasteiger partial charge in [-0.15, -0.1) is 16.4 Å². The third kappa shape index (κ3) is 2.33. The number of aromatic amines is 1. The second-order valence-corrected chi connectivity index (χ2v) is 4.79. The zero-order valence-electron chi connectivity index (χ0n) is 10.3. The number of aryl methyl sites for hydroxylation is 1. The number of carbonyl (C=O) groups excluding carboxylic acids is 1. The van der Waals surface area contributed by atoms with Crippen LogP contribution in [0.15, 0.2) is 0 Å². The van der Waals surface area contributed by atoms with Crippen LogP contribution < -0.4 is 10.1 Å². The fourth-order valence-corrected chi connectivity index (χ4v) is 2.45. The van der Waals surface area contributed by atoms with Crippen LogP contribution in [0.5, 0.6) is 5.75 Å². The normalized spacial score (nSPS) is 10.4. The van der Waals surface area contributed by atoms with Crippen molar-refractivity contribution in [3.05, 3.63) is 15.3 Å². The van der Waals surface area contributed by atoms with Crippen molar-refractivity contribution in [1.29, 1.82) is 0 Å². The Morgan fingerprint density at radius 2 is 2.28 bits per heavy atom. The number of aromatic nitrogens is 4. The Kier molecular flexibility index (Phi) is 3.56. The van der Waals surface area contributed by atoms with Crippen molar-refractivity contribution in [1.82, 2.24) is 20.6 Å². The van der Waals surface area contributed by atoms with Crippen LogP contribution >= 0.6 is 11.3 Å². The number of amides is 1. The highest BCUT2D eigenvalue weighted by atomic mass is 32.1. The molecule has 0 aliphatic carbocycles. The maximum atomic E-state index is 12.1. The van der Waals surface area contributed by atoms with Crippen molar-refractivity contribution >= 4 is 23.2 Å². The van der Waals surface area contributed by atoms with Gasteiger partial charge in [0.15, 0.2) is 0 Å². The summed E-state index contributed by atoms with van der Waals surface area (Å²) in [5.74, 6) is 0.480. The summed E-state index contributed by atoms with van der Waals surface area (Å²) >= 11 is 1.39. The van der Waals surface area contributed by atoms with Crippen molar-refractivity contribution in [2.24, 2.45) is 0 Å². The van der Waals surface area contributed by atoms with E-state index in [0.29, 0.717) is 17.2 Å². The largest absolute Gasteiger partial charge is 0.492 e. The first-order valence-electron chi connectivity index (χ1n) is 5.41. The van der Waals surface area contributed by atoms with Crippen LogP contribution in [-0.4, -0.2) is 33.1 Å². The van der Waals surface area contributed by atoms with Crippen LogP contribution in [-0.2, 0) is 0 Å². The number of hydrogen-bond donors (Lipinski definition) is 2. The molecule has 1 amide bonds. The van der Waals surface area contributed by atoms with Crippen molar-refractivity contribution < 1.29 is 9.53 Å². The van der Waals surface area contributed by atoms with E-state index in [1.807, 2.05) is 20.8 Å². The summed E-state index contributed by atoms with van der Waals surface area (Å²) in [7, 11) is 0. The standard InChI is InChI=1S/C10H13N5O2S/c1-4-17-7-5(2)6(3)18-8(7)9(16)11-10-12-14-15-13-10/h4H2,1-3H3,(H2,11,12,13,14,15,16). The lowest BCUT2D eigenvalue weighted by atomic mass is 10.2. The van der Waals surface area contributed by atoms with E-state index >= 15 is 0 Å². The Morgan fingerprint density at radius 1 is 1.50 bits per heavy atom. The molecule has 18 heavy (non-hydrogen) atoms. The lowest BCUT2D eigenvalue weighted by Crippen LogP contribution is -2.13. The second-order valence-electron chi connectivity index (χ2n) is 3.56. The highest BCUT2D eigenvalue weighted by Gasteiger charge is 2.21. The maximum Gasteiger partial charge on any atom is 0.272 e. The number of ether oxygens (including phenoxy) is 1. The van der Waals surface area contributed by atoms with Crippen LogP contribution in [0.25, 0.3) is 0 Å². The highest BCUT2D eigenvalue weighted by Crippen LogP contribution is 2.34. The van der Waals surface area contributed by atoms with Gasteiger partial charge in [0, 0.05) is 10.4 Å². The molecule has 8 heteroatoms. The average molecular weight is 267 g/mol. The van der Waals surface area contributed by atoms with E-state index in [1.54, 1.807) is 0 Å². The quantitative estimate of drug-likeness (QED) is 0.876. The first-order valence-corrected chi connectivity index (χ1v) is 6.22. The number of anilines is 1. The number of nitrogens with one attached hydrogen (secondary N) is 2. The van der Waals surface area contributed by atoms with Gasteiger partial charge in [0.05, 0.1) is 6.61 Å². The molecule has 7 nitrogen and oxygen atoms in total. The number of tetrazole rings is 1. The predicted molar refractivity (Wildman–Crippen MR) is 67.1 cm³/mol. The number of H-pyrrole nitrogens is 1. The molecule has 0 radical (unpaired) electrons. The third-order valence-corrected chi connectivity index (χ3v) is 3.58. The first-order chi connectivity index (χ1) is 8.63. The summed E-state index contributed by atoms with van der Waals surface area (Å²) in [6, 6.07) is 0. The smallest absolute Gasteiger partial charge is 0.272 e. The monoisotopic (exact) mass is 267 g/mol. The predicted octanol–water partition coefficient (Wildman–Crippen LogP) is 1.53. The molecule has 0 spiro atoms. The molecular weight excluding hydrogens is 254 g/mol. The molecule has 2 rings (SSSR count). The van der Waals surface area contributed by atoms with Crippen LogP contribution in [0.4, 0.5) is 5.95 Å². The maximum absolute atomic E-state index is 12.1. The zero-order chi connectivity index (χ0) is 13.1. The molecule has 0 unspecified atom stereocenters. The van der Waals surface area contributed by atoms with E-state index in [0.717, 1.165) is 10.4 Å². The van der Waals surface area contributed by atoms with Gasteiger partial charge in [0.2, 0.25) is 0 Å². The van der Waals surface area contributed by atoms with Gasteiger partial charge in [-0.05, 0) is 26.0 Å². The number of hydrogen-bond acceptors (Lipinski definition) is 6. The van der Waals surface area contributed by atoms with Gasteiger partial charge in [-0.25, -0.2) is 0 Å². The average Bonchev–Trinajstić information content (AvgIpc) is 2.93. The van der Waals surface area contributed by atoms with Crippen molar-refractivity contribution in [3.8, 4) is 5.75 Å². The summed E-state index contributed by atoms with van der Waals surface area (Å²) in [6.07, 6.45) is 0. The minimum Gasteiger partial charge on any atom is -0.492 e. The summed E-state index contributed by atoms with van der Waals surface area (Å²) in [6.45, 7) is 6.28. The van der Waals surface area contributed by atoms with Gasteiger partial charge in [-0.1, -0.05) is 5.10 Å². The lowest BCUT2D eigenvalue weighted by Gasteiger charge is -2.05. The lowest BCUT2D eigenvalue weighted by molar-refractivity contribution is 0.102. The number of thiophene rings is 1. The molecule has 0 saturated heterocycles. The Labute approximate surface area is 108 Å². The molecule has 0 bridgehead atoms. The minimum absolute atomic E-state index is 0.145. The fourth-order valence-electron chi connectivity index (χ4n) is 1.45. The molecule has 2 N–H and O–H groups in total. The Morgan fingerprint density at radius 3 is 2.89 bits per heavy atom. The van der Waals surface area contributed by atoms with E-state index < -0.39 is 0 Å². The van der Waals surface area contributed by atoms with Gasteiger partial charge in [-0.3, -0.25) is 10.1 Å². The van der Waals surface area contributed by atoms with E-state index in [4.69, 9.17) is 4.74 Å². The molecule has 96 valence electrons. The third-order valence-electron chi connectivity index (χ3n) is 2.40. The molecule has 0 aliphatic rings. The van der Waals surface area contributed by atoms with Gasteiger partial charge >= 0.3 is 0 Å². The molecule has 0 fully saturated rings. The van der Waals surface area contributed by atoms with Crippen LogP contribution in [0.3, 0.4) is 0 Å². The second kappa shape index (κ2) is 5.13. The molecule has 2 aromatic heterocycles. The molecule has 0 aromatic carbocycles. The SMILES string of the molecule is CCOc1c(C(=O)Nc2nn[nH]n2)sc(C)c1C. The zero-order valence-corrected chi connectivity index (χ0v) is 11.1. The van der Waals surface area contributed by atoms with E-state index in [2.05, 4.69) is 25.9 Å². The molecule has 0 saturated carbocycles. The van der Waals surface area contributed by atoms with Crippen LogP contribution in [0.1, 0.15) is 27.0 Å². The topological polar surface area (TPSA) is 92.8 Å². The molecule has 0 atom stereocenters. The van der Waals surface area contributed by atoms with Crippen LogP contribution in [0.2, 0.25) is 0 Å². The Hall–Kier alpha value is -1.96. The van der Waals surface area contributed by atoms with Gasteiger partial charge in [-0.2, -0.15) is 5.21 Å². The number of nitrogens with zero attached hydrogens (tertiary/aromatic N) is 3. The molecule has 2 aromatic rings. The number of rotatable bonds is 4. The minimum atomic E-state index is -0.291. The number of carbonyl (C=O) groups is 1. The van der Waals surface area contributed by atoms with E-state index in [-0.39, 0.29) is 11.9 Å². The van der Waals surface area contributed by atoms with E-state index in [9.17, 15) is 4.79 Å². The summed E-state index contributed by atoms with van der Waals surface area (Å²) in [5.41, 5.74) is 0.986. The van der Waals surface area contributed by atoms with Crippen molar-refractivity contribution in [2.45, 2.75) is 20.8 Å². The Bertz CT molecular complexity index is 549. The highest BCUT2D eigenvalue weighted by molar-refractivity contribution is 7.14. The van der Waals surface area contributed by atoms with Crippen LogP contribution in [0, 0.1) is 13.8 Å². The van der Waals surface area contributed by atoms with Crippen molar-refractivity contribution in [3.63, 3.8) is 0 Å². The van der Waals surface area contributed by atoms with Gasteiger partial charge < -0.3 is 4.74 Å². The first kappa shape index (κ1) is 12.5. The molecular formula is C10H13N5O2S. The van der Waals surface area contributed by atoms with E-state index in [1.165, 1.54) is 11.3 Å². The fraction of sp³-hybridized carbons (Fsp3) is 0.400. The van der Waals surface area contributed by atoms with Gasteiger partial charge in [0.25, 0.3) is 11.9 Å². The Balaban J connectivity index is 2.27. The summed E-state index contributed by atoms with van der Waals surface area (Å²) in [5, 5.41) is 15.5. The molecule has 2 heterocycles.